The van der Waals surface area contributed by atoms with Crippen LogP contribution < -0.4 is 5.32 Å². The number of aliphatic hydroxyl groups is 1. The minimum Gasteiger partial charge on any atom is -0.395 e. The molecule has 0 saturated heterocycles. The fourth-order valence-corrected chi connectivity index (χ4v) is 1.24. The fraction of sp³-hybridized carbons (Fsp3) is 0.727. The van der Waals surface area contributed by atoms with E-state index in [9.17, 15) is 4.79 Å². The maximum absolute atomic E-state index is 11.4. The van der Waals surface area contributed by atoms with Gasteiger partial charge in [0, 0.05) is 13.1 Å². The quantitative estimate of drug-likeness (QED) is 0.546. The Kier molecular flexibility index (Phi) is 9.11. The largest absolute Gasteiger partial charge is 0.395 e. The van der Waals surface area contributed by atoms with Gasteiger partial charge in [0.25, 0.3) is 0 Å². The summed E-state index contributed by atoms with van der Waals surface area (Å²) in [5.74, 6) is -0.0144. The molecule has 0 bridgehead atoms. The Morgan fingerprint density at radius 1 is 1.53 bits per heavy atom. The third-order valence-electron chi connectivity index (χ3n) is 2.05. The third-order valence-corrected chi connectivity index (χ3v) is 2.05. The van der Waals surface area contributed by atoms with Gasteiger partial charge in [0.05, 0.1) is 13.2 Å². The lowest BCUT2D eigenvalue weighted by Crippen LogP contribution is -2.39. The number of carbonyl (C=O) groups is 1. The molecule has 4 heteroatoms. The van der Waals surface area contributed by atoms with Gasteiger partial charge in [0.1, 0.15) is 0 Å². The number of nitrogens with zero attached hydrogens (tertiary/aromatic N) is 1. The van der Waals surface area contributed by atoms with Crippen LogP contribution >= 0.6 is 0 Å². The number of nitrogens with one attached hydrogen (secondary N) is 1. The van der Waals surface area contributed by atoms with E-state index in [1.165, 1.54) is 0 Å². The Balaban J connectivity index is 3.80. The van der Waals surface area contributed by atoms with Gasteiger partial charge in [-0.05, 0) is 13.0 Å². The lowest BCUT2D eigenvalue weighted by molar-refractivity contribution is -0.122. The van der Waals surface area contributed by atoms with Crippen LogP contribution in [0.15, 0.2) is 12.7 Å². The molecule has 0 aliphatic carbocycles. The molecule has 0 aromatic rings. The van der Waals surface area contributed by atoms with E-state index in [-0.39, 0.29) is 12.5 Å². The highest BCUT2D eigenvalue weighted by atomic mass is 16.3. The molecule has 0 aliphatic rings. The molecular formula is C11H22N2O2. The SMILES string of the molecule is C=CCNC(=O)CN(CCO)CCCC. The van der Waals surface area contributed by atoms with E-state index in [2.05, 4.69) is 18.8 Å². The molecule has 4 nitrogen and oxygen atoms in total. The average Bonchev–Trinajstić information content (AvgIpc) is 2.23. The number of hydrogen-bond donors (Lipinski definition) is 2. The monoisotopic (exact) mass is 214 g/mol. The molecule has 0 saturated carbocycles. The van der Waals surface area contributed by atoms with Gasteiger partial charge in [0.15, 0.2) is 0 Å². The van der Waals surface area contributed by atoms with Gasteiger partial charge >= 0.3 is 0 Å². The van der Waals surface area contributed by atoms with Crippen molar-refractivity contribution in [2.45, 2.75) is 19.8 Å². The summed E-state index contributed by atoms with van der Waals surface area (Å²) in [6, 6.07) is 0. The Bertz CT molecular complexity index is 183. The molecule has 0 atom stereocenters. The van der Waals surface area contributed by atoms with Crippen molar-refractivity contribution in [1.29, 1.82) is 0 Å². The second-order valence-electron chi connectivity index (χ2n) is 3.45. The van der Waals surface area contributed by atoms with Gasteiger partial charge in [-0.15, -0.1) is 6.58 Å². The summed E-state index contributed by atoms with van der Waals surface area (Å²) in [4.78, 5) is 13.3. The summed E-state index contributed by atoms with van der Waals surface area (Å²) in [5, 5.41) is 11.6. The Morgan fingerprint density at radius 3 is 2.80 bits per heavy atom. The first-order chi connectivity index (χ1) is 7.24. The van der Waals surface area contributed by atoms with Gasteiger partial charge < -0.3 is 10.4 Å². The second kappa shape index (κ2) is 9.68. The van der Waals surface area contributed by atoms with E-state index in [1.54, 1.807) is 6.08 Å². The number of hydrogen-bond acceptors (Lipinski definition) is 3. The van der Waals surface area contributed by atoms with Crippen LogP contribution in [0.5, 0.6) is 0 Å². The first kappa shape index (κ1) is 14.1. The van der Waals surface area contributed by atoms with Crippen molar-refractivity contribution in [3.63, 3.8) is 0 Å². The zero-order chi connectivity index (χ0) is 11.5. The van der Waals surface area contributed by atoms with Gasteiger partial charge in [-0.1, -0.05) is 19.4 Å². The predicted molar refractivity (Wildman–Crippen MR) is 61.6 cm³/mol. The van der Waals surface area contributed by atoms with Gasteiger partial charge in [-0.3, -0.25) is 9.69 Å². The number of unbranched alkanes of at least 4 members (excludes halogenated alkanes) is 1. The summed E-state index contributed by atoms with van der Waals surface area (Å²) < 4.78 is 0. The molecule has 0 radical (unpaired) electrons. The van der Waals surface area contributed by atoms with Gasteiger partial charge in [-0.25, -0.2) is 0 Å². The highest BCUT2D eigenvalue weighted by Crippen LogP contribution is 1.94. The normalized spacial score (nSPS) is 10.3. The third kappa shape index (κ3) is 8.15. The zero-order valence-corrected chi connectivity index (χ0v) is 9.54. The van der Waals surface area contributed by atoms with Gasteiger partial charge in [0.2, 0.25) is 5.91 Å². The molecule has 0 aromatic heterocycles. The molecule has 0 heterocycles. The molecule has 0 rings (SSSR count). The lowest BCUT2D eigenvalue weighted by Gasteiger charge is -2.20. The van der Waals surface area contributed by atoms with E-state index in [4.69, 9.17) is 5.11 Å². The summed E-state index contributed by atoms with van der Waals surface area (Å²) in [6.45, 7) is 8.00. The summed E-state index contributed by atoms with van der Waals surface area (Å²) in [5.41, 5.74) is 0. The Morgan fingerprint density at radius 2 is 2.27 bits per heavy atom. The highest BCUT2D eigenvalue weighted by molar-refractivity contribution is 5.78. The van der Waals surface area contributed by atoms with Crippen molar-refractivity contribution < 1.29 is 9.90 Å². The molecule has 0 spiro atoms. The maximum atomic E-state index is 11.4. The molecule has 1 amide bonds. The van der Waals surface area contributed by atoms with Crippen LogP contribution in [0.1, 0.15) is 19.8 Å². The standard InChI is InChI=1S/C11H22N2O2/c1-3-5-7-13(8-9-14)10-11(15)12-6-4-2/h4,14H,2-3,5-10H2,1H3,(H,12,15). The summed E-state index contributed by atoms with van der Waals surface area (Å²) >= 11 is 0. The van der Waals surface area contributed by atoms with Crippen LogP contribution in [-0.4, -0.2) is 48.7 Å². The van der Waals surface area contributed by atoms with Crippen LogP contribution in [0.2, 0.25) is 0 Å². The molecule has 2 N–H and O–H groups in total. The van der Waals surface area contributed by atoms with Crippen LogP contribution in [0.25, 0.3) is 0 Å². The van der Waals surface area contributed by atoms with Crippen LogP contribution in [-0.2, 0) is 4.79 Å². The van der Waals surface area contributed by atoms with Crippen molar-refractivity contribution in [3.8, 4) is 0 Å². The van der Waals surface area contributed by atoms with E-state index >= 15 is 0 Å². The molecule has 15 heavy (non-hydrogen) atoms. The number of aliphatic hydroxyl groups excluding tert-OH is 1. The minimum atomic E-state index is -0.0144. The number of rotatable bonds is 9. The first-order valence-electron chi connectivity index (χ1n) is 5.45. The molecule has 0 aromatic carbocycles. The smallest absolute Gasteiger partial charge is 0.234 e. The Labute approximate surface area is 92.0 Å². The molecule has 0 unspecified atom stereocenters. The van der Waals surface area contributed by atoms with Crippen LogP contribution in [0.3, 0.4) is 0 Å². The molecule has 0 fully saturated rings. The first-order valence-corrected chi connectivity index (χ1v) is 5.45. The predicted octanol–water partition coefficient (Wildman–Crippen LogP) is 0.383. The summed E-state index contributed by atoms with van der Waals surface area (Å²) in [6.07, 6.45) is 3.80. The number of carbonyl (C=O) groups excluding carboxylic acids is 1. The molecular weight excluding hydrogens is 192 g/mol. The van der Waals surface area contributed by atoms with Crippen molar-refractivity contribution in [2.24, 2.45) is 0 Å². The maximum Gasteiger partial charge on any atom is 0.234 e. The minimum absolute atomic E-state index is 0.0144. The lowest BCUT2D eigenvalue weighted by atomic mass is 10.3. The van der Waals surface area contributed by atoms with E-state index in [0.717, 1.165) is 19.4 Å². The van der Waals surface area contributed by atoms with Crippen LogP contribution in [0.4, 0.5) is 0 Å². The van der Waals surface area contributed by atoms with Crippen molar-refractivity contribution in [1.82, 2.24) is 10.2 Å². The van der Waals surface area contributed by atoms with E-state index < -0.39 is 0 Å². The molecule has 0 aliphatic heterocycles. The second-order valence-corrected chi connectivity index (χ2v) is 3.45. The van der Waals surface area contributed by atoms with E-state index in [0.29, 0.717) is 19.6 Å². The summed E-state index contributed by atoms with van der Waals surface area (Å²) in [7, 11) is 0. The van der Waals surface area contributed by atoms with Gasteiger partial charge in [-0.2, -0.15) is 0 Å². The Hall–Kier alpha value is -0.870. The topological polar surface area (TPSA) is 52.6 Å². The highest BCUT2D eigenvalue weighted by Gasteiger charge is 2.08. The molecule has 88 valence electrons. The van der Waals surface area contributed by atoms with Crippen molar-refractivity contribution in [2.75, 3.05) is 32.8 Å². The zero-order valence-electron chi connectivity index (χ0n) is 9.54. The average molecular weight is 214 g/mol. The van der Waals surface area contributed by atoms with Crippen molar-refractivity contribution >= 4 is 5.91 Å². The van der Waals surface area contributed by atoms with E-state index in [1.807, 2.05) is 4.90 Å². The number of amides is 1. The fourth-order valence-electron chi connectivity index (χ4n) is 1.24. The van der Waals surface area contributed by atoms with Crippen LogP contribution in [0, 0.1) is 0 Å². The van der Waals surface area contributed by atoms with Crippen molar-refractivity contribution in [3.05, 3.63) is 12.7 Å².